The minimum atomic E-state index is 0.352. The van der Waals surface area contributed by atoms with Gasteiger partial charge in [-0.1, -0.05) is 43.2 Å². The van der Waals surface area contributed by atoms with Gasteiger partial charge in [-0.15, -0.1) is 0 Å². The molecule has 0 spiro atoms. The van der Waals surface area contributed by atoms with Gasteiger partial charge in [-0.05, 0) is 26.7 Å². The van der Waals surface area contributed by atoms with E-state index in [4.69, 9.17) is 9.97 Å². The van der Waals surface area contributed by atoms with Gasteiger partial charge in [0.1, 0.15) is 11.6 Å². The monoisotopic (exact) mass is 310 g/mol. The van der Waals surface area contributed by atoms with Crippen molar-refractivity contribution in [3.63, 3.8) is 0 Å². The van der Waals surface area contributed by atoms with E-state index < -0.39 is 0 Å². The van der Waals surface area contributed by atoms with E-state index >= 15 is 0 Å². The van der Waals surface area contributed by atoms with Crippen LogP contribution in [-0.2, 0) is 0 Å². The second-order valence-corrected chi connectivity index (χ2v) is 6.50. The van der Waals surface area contributed by atoms with Crippen molar-refractivity contribution in [1.82, 2.24) is 9.97 Å². The summed E-state index contributed by atoms with van der Waals surface area (Å²) >= 11 is 0. The third-order valence-corrected chi connectivity index (χ3v) is 4.11. The zero-order valence-electron chi connectivity index (χ0n) is 14.1. The van der Waals surface area contributed by atoms with Gasteiger partial charge >= 0.3 is 0 Å². The molecule has 0 saturated carbocycles. The molecular weight excluding hydrogens is 284 g/mol. The lowest BCUT2D eigenvalue weighted by atomic mass is 10.2. The van der Waals surface area contributed by atoms with Crippen LogP contribution < -0.4 is 10.2 Å². The van der Waals surface area contributed by atoms with Gasteiger partial charge in [0.05, 0.1) is 0 Å². The molecule has 2 heterocycles. The molecule has 4 nitrogen and oxygen atoms in total. The first kappa shape index (κ1) is 15.8. The van der Waals surface area contributed by atoms with E-state index in [0.717, 1.165) is 36.1 Å². The van der Waals surface area contributed by atoms with Crippen LogP contribution in [0.4, 0.5) is 11.6 Å². The van der Waals surface area contributed by atoms with Crippen molar-refractivity contribution in [2.24, 2.45) is 0 Å². The molecule has 23 heavy (non-hydrogen) atoms. The van der Waals surface area contributed by atoms with E-state index in [1.54, 1.807) is 0 Å². The van der Waals surface area contributed by atoms with Crippen LogP contribution in [0.1, 0.15) is 39.5 Å². The Bertz CT molecular complexity index is 617. The standard InChI is InChI=1S/C19H26N4/c1-15(2)20-17-14-18(23-12-8-3-4-9-13-23)22-19(21-17)16-10-6-5-7-11-16/h5-7,10-11,14-15H,3-4,8-9,12-13H2,1-2H3,(H,20,21,22). The van der Waals surface area contributed by atoms with Gasteiger partial charge in [0.15, 0.2) is 5.82 Å². The van der Waals surface area contributed by atoms with Crippen LogP contribution in [0.5, 0.6) is 0 Å². The summed E-state index contributed by atoms with van der Waals surface area (Å²) in [7, 11) is 0. The van der Waals surface area contributed by atoms with E-state index in [9.17, 15) is 0 Å². The highest BCUT2D eigenvalue weighted by molar-refractivity contribution is 5.61. The Labute approximate surface area is 139 Å². The van der Waals surface area contributed by atoms with Gasteiger partial charge in [0.25, 0.3) is 0 Å². The molecule has 0 amide bonds. The Morgan fingerprint density at radius 1 is 0.957 bits per heavy atom. The number of hydrogen-bond donors (Lipinski definition) is 1. The third-order valence-electron chi connectivity index (χ3n) is 4.11. The second-order valence-electron chi connectivity index (χ2n) is 6.50. The van der Waals surface area contributed by atoms with Crippen LogP contribution in [0, 0.1) is 0 Å². The van der Waals surface area contributed by atoms with E-state index in [2.05, 4.69) is 42.3 Å². The number of nitrogens with one attached hydrogen (secondary N) is 1. The average molecular weight is 310 g/mol. The largest absolute Gasteiger partial charge is 0.368 e. The molecule has 2 aromatic rings. The molecule has 1 aliphatic rings. The van der Waals surface area contributed by atoms with Gasteiger partial charge in [0, 0.05) is 30.8 Å². The van der Waals surface area contributed by atoms with E-state index in [-0.39, 0.29) is 0 Å². The van der Waals surface area contributed by atoms with Crippen molar-refractivity contribution in [3.05, 3.63) is 36.4 Å². The maximum atomic E-state index is 4.85. The molecule has 122 valence electrons. The Hall–Kier alpha value is -2.10. The smallest absolute Gasteiger partial charge is 0.163 e. The number of benzene rings is 1. The fourth-order valence-corrected chi connectivity index (χ4v) is 2.98. The molecule has 1 fully saturated rings. The maximum absolute atomic E-state index is 4.85. The molecule has 0 bridgehead atoms. The van der Waals surface area contributed by atoms with Gasteiger partial charge in [0.2, 0.25) is 0 Å². The normalized spacial score (nSPS) is 15.5. The van der Waals surface area contributed by atoms with Crippen LogP contribution in [0.2, 0.25) is 0 Å². The molecule has 0 radical (unpaired) electrons. The molecule has 1 N–H and O–H groups in total. The molecule has 0 aliphatic carbocycles. The predicted octanol–water partition coefficient (Wildman–Crippen LogP) is 4.34. The van der Waals surface area contributed by atoms with Crippen molar-refractivity contribution in [3.8, 4) is 11.4 Å². The van der Waals surface area contributed by atoms with Crippen LogP contribution in [0.25, 0.3) is 11.4 Å². The molecule has 1 aromatic carbocycles. The number of anilines is 2. The Balaban J connectivity index is 1.97. The lowest BCUT2D eigenvalue weighted by Gasteiger charge is -2.23. The fraction of sp³-hybridized carbons (Fsp3) is 0.474. The molecule has 3 rings (SSSR count). The van der Waals surface area contributed by atoms with Gasteiger partial charge in [-0.3, -0.25) is 0 Å². The summed E-state index contributed by atoms with van der Waals surface area (Å²) in [5.41, 5.74) is 1.07. The SMILES string of the molecule is CC(C)Nc1cc(N2CCCCCC2)nc(-c2ccccc2)n1. The molecular formula is C19H26N4. The zero-order chi connectivity index (χ0) is 16.1. The first-order valence-electron chi connectivity index (χ1n) is 8.68. The van der Waals surface area contributed by atoms with Crippen LogP contribution in [0.15, 0.2) is 36.4 Å². The van der Waals surface area contributed by atoms with Crippen molar-refractivity contribution < 1.29 is 0 Å². The van der Waals surface area contributed by atoms with E-state index in [1.807, 2.05) is 18.2 Å². The lowest BCUT2D eigenvalue weighted by molar-refractivity contribution is 0.726. The highest BCUT2D eigenvalue weighted by atomic mass is 15.2. The van der Waals surface area contributed by atoms with E-state index in [0.29, 0.717) is 6.04 Å². The van der Waals surface area contributed by atoms with Gasteiger partial charge in [-0.2, -0.15) is 0 Å². The molecule has 0 atom stereocenters. The van der Waals surface area contributed by atoms with Crippen molar-refractivity contribution in [2.75, 3.05) is 23.3 Å². The summed E-state index contributed by atoms with van der Waals surface area (Å²) in [6.45, 7) is 6.45. The minimum absolute atomic E-state index is 0.352. The summed E-state index contributed by atoms with van der Waals surface area (Å²) < 4.78 is 0. The Morgan fingerprint density at radius 3 is 2.30 bits per heavy atom. The minimum Gasteiger partial charge on any atom is -0.368 e. The summed E-state index contributed by atoms with van der Waals surface area (Å²) in [4.78, 5) is 12.0. The number of rotatable bonds is 4. The van der Waals surface area contributed by atoms with Crippen molar-refractivity contribution >= 4 is 11.6 Å². The van der Waals surface area contributed by atoms with Crippen molar-refractivity contribution in [2.45, 2.75) is 45.6 Å². The predicted molar refractivity (Wildman–Crippen MR) is 96.9 cm³/mol. The summed E-state index contributed by atoms with van der Waals surface area (Å²) in [5.74, 6) is 2.76. The number of hydrogen-bond acceptors (Lipinski definition) is 4. The Kier molecular flexibility index (Phi) is 5.11. The molecule has 0 unspecified atom stereocenters. The van der Waals surface area contributed by atoms with E-state index in [1.165, 1.54) is 25.7 Å². The lowest BCUT2D eigenvalue weighted by Crippen LogP contribution is -2.25. The molecule has 4 heteroatoms. The first-order chi connectivity index (χ1) is 11.2. The molecule has 1 saturated heterocycles. The van der Waals surface area contributed by atoms with Gasteiger partial charge < -0.3 is 10.2 Å². The topological polar surface area (TPSA) is 41.0 Å². The van der Waals surface area contributed by atoms with Crippen LogP contribution >= 0.6 is 0 Å². The maximum Gasteiger partial charge on any atom is 0.163 e. The zero-order valence-corrected chi connectivity index (χ0v) is 14.1. The average Bonchev–Trinajstić information content (AvgIpc) is 2.84. The molecule has 1 aliphatic heterocycles. The highest BCUT2D eigenvalue weighted by Gasteiger charge is 2.15. The quantitative estimate of drug-likeness (QED) is 0.912. The van der Waals surface area contributed by atoms with Crippen LogP contribution in [0.3, 0.4) is 0 Å². The summed E-state index contributed by atoms with van der Waals surface area (Å²) in [6, 6.07) is 12.7. The third kappa shape index (κ3) is 4.21. The Morgan fingerprint density at radius 2 is 1.65 bits per heavy atom. The molecule has 1 aromatic heterocycles. The summed E-state index contributed by atoms with van der Waals surface area (Å²) in [6.07, 6.45) is 5.14. The number of aromatic nitrogens is 2. The highest BCUT2D eigenvalue weighted by Crippen LogP contribution is 2.24. The first-order valence-corrected chi connectivity index (χ1v) is 8.68. The second kappa shape index (κ2) is 7.44. The van der Waals surface area contributed by atoms with Gasteiger partial charge in [-0.25, -0.2) is 9.97 Å². The number of nitrogens with zero attached hydrogens (tertiary/aromatic N) is 3. The fourth-order valence-electron chi connectivity index (χ4n) is 2.98. The van der Waals surface area contributed by atoms with Crippen LogP contribution in [-0.4, -0.2) is 29.1 Å². The summed E-state index contributed by atoms with van der Waals surface area (Å²) in [5, 5.41) is 3.43. The van der Waals surface area contributed by atoms with Crippen molar-refractivity contribution in [1.29, 1.82) is 0 Å².